The van der Waals surface area contributed by atoms with Crippen LogP contribution in [0.1, 0.15) is 26.2 Å². The van der Waals surface area contributed by atoms with Crippen LogP contribution in [0.2, 0.25) is 0 Å². The maximum absolute atomic E-state index is 12.5. The first-order chi connectivity index (χ1) is 8.75. The molecule has 18 heavy (non-hydrogen) atoms. The summed E-state index contributed by atoms with van der Waals surface area (Å²) in [5, 5.41) is 3.33. The summed E-state index contributed by atoms with van der Waals surface area (Å²) < 4.78 is 0. The molecule has 4 nitrogen and oxygen atoms in total. The Labute approximate surface area is 110 Å². The van der Waals surface area contributed by atoms with Crippen molar-refractivity contribution in [2.45, 2.75) is 32.2 Å². The molecule has 3 aliphatic heterocycles. The molecule has 3 unspecified atom stereocenters. The maximum atomic E-state index is 12.5. The SMILES string of the molecule is CC1CNCC1C(=O)N1CCC(N2CCCC2)C1. The van der Waals surface area contributed by atoms with Crippen LogP contribution in [0, 0.1) is 11.8 Å². The molecule has 0 aromatic heterocycles. The van der Waals surface area contributed by atoms with Crippen LogP contribution in [0.3, 0.4) is 0 Å². The maximum Gasteiger partial charge on any atom is 0.227 e. The van der Waals surface area contributed by atoms with Gasteiger partial charge in [-0.1, -0.05) is 6.92 Å². The van der Waals surface area contributed by atoms with Crippen LogP contribution in [0.25, 0.3) is 0 Å². The zero-order valence-corrected chi connectivity index (χ0v) is 11.4. The van der Waals surface area contributed by atoms with E-state index in [4.69, 9.17) is 0 Å². The number of carbonyl (C=O) groups is 1. The second-order valence-corrected chi connectivity index (χ2v) is 6.21. The van der Waals surface area contributed by atoms with Gasteiger partial charge >= 0.3 is 0 Å². The fraction of sp³-hybridized carbons (Fsp3) is 0.929. The van der Waals surface area contributed by atoms with Crippen LogP contribution in [-0.2, 0) is 4.79 Å². The van der Waals surface area contributed by atoms with Gasteiger partial charge < -0.3 is 10.2 Å². The lowest BCUT2D eigenvalue weighted by Crippen LogP contribution is -2.40. The van der Waals surface area contributed by atoms with Crippen LogP contribution in [0.15, 0.2) is 0 Å². The number of amides is 1. The lowest BCUT2D eigenvalue weighted by Gasteiger charge is -2.25. The van der Waals surface area contributed by atoms with Gasteiger partial charge in [0.1, 0.15) is 0 Å². The third-order valence-corrected chi connectivity index (χ3v) is 4.97. The summed E-state index contributed by atoms with van der Waals surface area (Å²) in [6.45, 7) is 8.51. The summed E-state index contributed by atoms with van der Waals surface area (Å²) in [5.74, 6) is 1.12. The number of rotatable bonds is 2. The second kappa shape index (κ2) is 5.17. The summed E-state index contributed by atoms with van der Waals surface area (Å²) in [6.07, 6.45) is 3.86. The van der Waals surface area contributed by atoms with E-state index in [0.717, 1.165) is 26.2 Å². The number of hydrogen-bond acceptors (Lipinski definition) is 3. The molecule has 3 saturated heterocycles. The number of nitrogens with one attached hydrogen (secondary N) is 1. The summed E-state index contributed by atoms with van der Waals surface area (Å²) in [4.78, 5) is 17.2. The average Bonchev–Trinajstić information content (AvgIpc) is 3.09. The van der Waals surface area contributed by atoms with Gasteiger partial charge in [-0.2, -0.15) is 0 Å². The van der Waals surface area contributed by atoms with Crippen LogP contribution in [0.4, 0.5) is 0 Å². The molecule has 3 atom stereocenters. The molecule has 0 radical (unpaired) electrons. The molecule has 0 spiro atoms. The van der Waals surface area contributed by atoms with E-state index in [1.54, 1.807) is 0 Å². The molecule has 1 amide bonds. The minimum atomic E-state index is 0.224. The Morgan fingerprint density at radius 1 is 1.17 bits per heavy atom. The highest BCUT2D eigenvalue weighted by Gasteiger charge is 2.37. The van der Waals surface area contributed by atoms with Gasteiger partial charge in [0, 0.05) is 25.7 Å². The molecule has 0 aromatic carbocycles. The smallest absolute Gasteiger partial charge is 0.227 e. The fourth-order valence-corrected chi connectivity index (χ4v) is 3.72. The van der Waals surface area contributed by atoms with Crippen LogP contribution in [-0.4, -0.2) is 61.0 Å². The molecule has 3 heterocycles. The quantitative estimate of drug-likeness (QED) is 0.778. The van der Waals surface area contributed by atoms with Gasteiger partial charge in [0.2, 0.25) is 5.91 Å². The first kappa shape index (κ1) is 12.4. The predicted octanol–water partition coefficient (Wildman–Crippen LogP) is 0.539. The molecule has 0 saturated carbocycles. The van der Waals surface area contributed by atoms with E-state index >= 15 is 0 Å². The van der Waals surface area contributed by atoms with Gasteiger partial charge in [-0.05, 0) is 44.8 Å². The van der Waals surface area contributed by atoms with E-state index in [-0.39, 0.29) is 5.92 Å². The lowest BCUT2D eigenvalue weighted by atomic mass is 9.97. The van der Waals surface area contributed by atoms with Gasteiger partial charge in [-0.3, -0.25) is 9.69 Å². The van der Waals surface area contributed by atoms with Gasteiger partial charge in [-0.15, -0.1) is 0 Å². The van der Waals surface area contributed by atoms with Crippen molar-refractivity contribution in [2.75, 3.05) is 39.3 Å². The second-order valence-electron chi connectivity index (χ2n) is 6.21. The van der Waals surface area contributed by atoms with Crippen LogP contribution in [0.5, 0.6) is 0 Å². The summed E-state index contributed by atoms with van der Waals surface area (Å²) >= 11 is 0. The molecule has 0 aromatic rings. The number of likely N-dealkylation sites (tertiary alicyclic amines) is 2. The third kappa shape index (κ3) is 2.28. The van der Waals surface area contributed by atoms with E-state index in [9.17, 15) is 4.79 Å². The topological polar surface area (TPSA) is 35.6 Å². The van der Waals surface area contributed by atoms with Crippen molar-refractivity contribution < 1.29 is 4.79 Å². The standard InChI is InChI=1S/C14H25N3O/c1-11-8-15-9-13(11)14(18)17-7-4-12(10-17)16-5-2-3-6-16/h11-13,15H,2-10H2,1H3. The number of nitrogens with zero attached hydrogens (tertiary/aromatic N) is 2. The van der Waals surface area contributed by atoms with Crippen molar-refractivity contribution in [3.05, 3.63) is 0 Å². The Bertz CT molecular complexity index is 314. The van der Waals surface area contributed by atoms with Crippen molar-refractivity contribution in [1.29, 1.82) is 0 Å². The Hall–Kier alpha value is -0.610. The molecule has 3 aliphatic rings. The van der Waals surface area contributed by atoms with E-state index in [2.05, 4.69) is 22.0 Å². The first-order valence-corrected chi connectivity index (χ1v) is 7.49. The van der Waals surface area contributed by atoms with Crippen molar-refractivity contribution in [3.63, 3.8) is 0 Å². The molecule has 1 N–H and O–H groups in total. The van der Waals surface area contributed by atoms with Crippen molar-refractivity contribution in [2.24, 2.45) is 11.8 Å². The lowest BCUT2D eigenvalue weighted by molar-refractivity contribution is -0.135. The Morgan fingerprint density at radius 2 is 1.94 bits per heavy atom. The number of carbonyl (C=O) groups excluding carboxylic acids is 1. The van der Waals surface area contributed by atoms with Crippen LogP contribution >= 0.6 is 0 Å². The minimum absolute atomic E-state index is 0.224. The Kier molecular flexibility index (Phi) is 3.57. The number of hydrogen-bond donors (Lipinski definition) is 1. The predicted molar refractivity (Wildman–Crippen MR) is 71.3 cm³/mol. The molecule has 4 heteroatoms. The van der Waals surface area contributed by atoms with E-state index < -0.39 is 0 Å². The molecule has 0 bridgehead atoms. The van der Waals surface area contributed by atoms with Gasteiger partial charge in [0.05, 0.1) is 5.92 Å². The van der Waals surface area contributed by atoms with Crippen molar-refractivity contribution in [3.8, 4) is 0 Å². The van der Waals surface area contributed by atoms with Crippen molar-refractivity contribution >= 4 is 5.91 Å². The summed E-state index contributed by atoms with van der Waals surface area (Å²) in [5.41, 5.74) is 0. The van der Waals surface area contributed by atoms with Gasteiger partial charge in [0.15, 0.2) is 0 Å². The highest BCUT2D eigenvalue weighted by molar-refractivity contribution is 5.80. The first-order valence-electron chi connectivity index (χ1n) is 7.49. The van der Waals surface area contributed by atoms with Gasteiger partial charge in [-0.25, -0.2) is 0 Å². The highest BCUT2D eigenvalue weighted by Crippen LogP contribution is 2.24. The van der Waals surface area contributed by atoms with Gasteiger partial charge in [0.25, 0.3) is 0 Å². The van der Waals surface area contributed by atoms with E-state index in [1.165, 1.54) is 32.4 Å². The molecular weight excluding hydrogens is 226 g/mol. The largest absolute Gasteiger partial charge is 0.341 e. The highest BCUT2D eigenvalue weighted by atomic mass is 16.2. The summed E-state index contributed by atoms with van der Waals surface area (Å²) in [7, 11) is 0. The Morgan fingerprint density at radius 3 is 2.61 bits per heavy atom. The normalized spacial score (nSPS) is 37.6. The average molecular weight is 251 g/mol. The third-order valence-electron chi connectivity index (χ3n) is 4.97. The Balaban J connectivity index is 1.56. The van der Waals surface area contributed by atoms with E-state index in [1.807, 2.05) is 0 Å². The fourth-order valence-electron chi connectivity index (χ4n) is 3.72. The molecular formula is C14H25N3O. The molecule has 3 rings (SSSR count). The minimum Gasteiger partial charge on any atom is -0.341 e. The van der Waals surface area contributed by atoms with E-state index in [0.29, 0.717) is 17.9 Å². The summed E-state index contributed by atoms with van der Waals surface area (Å²) in [6, 6.07) is 0.640. The molecule has 102 valence electrons. The zero-order chi connectivity index (χ0) is 12.5. The molecule has 0 aliphatic carbocycles. The monoisotopic (exact) mass is 251 g/mol. The zero-order valence-electron chi connectivity index (χ0n) is 11.4. The molecule has 3 fully saturated rings. The van der Waals surface area contributed by atoms with Crippen LogP contribution < -0.4 is 5.32 Å². The van der Waals surface area contributed by atoms with Crippen molar-refractivity contribution in [1.82, 2.24) is 15.1 Å².